The Kier molecular flexibility index (Phi) is 0.911. The van der Waals surface area contributed by atoms with Crippen molar-refractivity contribution in [2.75, 3.05) is 0 Å². The maximum Gasteiger partial charge on any atom is -0.0300 e. The molecule has 2 atom stereocenters. The highest BCUT2D eigenvalue weighted by Crippen LogP contribution is 2.53. The average Bonchev–Trinajstić information content (AvgIpc) is 2.18. The molecule has 0 N–H and O–H groups in total. The Morgan fingerprint density at radius 3 is 2.14 bits per heavy atom. The molecule has 0 radical (unpaired) electrons. The first kappa shape index (κ1) is 5.14. The lowest BCUT2D eigenvalue weighted by Gasteiger charge is -2.00. The SMILES string of the molecule is CCC1(C)CC1C. The number of hydrogen-bond donors (Lipinski definition) is 0. The van der Waals surface area contributed by atoms with Crippen LogP contribution < -0.4 is 0 Å². The van der Waals surface area contributed by atoms with E-state index in [0.29, 0.717) is 0 Å². The molecule has 2 unspecified atom stereocenters. The van der Waals surface area contributed by atoms with E-state index in [-0.39, 0.29) is 0 Å². The summed E-state index contributed by atoms with van der Waals surface area (Å²) in [5, 5.41) is 0. The van der Waals surface area contributed by atoms with E-state index in [1.807, 2.05) is 0 Å². The molecule has 0 saturated heterocycles. The van der Waals surface area contributed by atoms with Crippen LogP contribution in [0.2, 0.25) is 0 Å². The van der Waals surface area contributed by atoms with Gasteiger partial charge >= 0.3 is 0 Å². The summed E-state index contributed by atoms with van der Waals surface area (Å²) in [5.41, 5.74) is 0.750. The third kappa shape index (κ3) is 0.667. The molecule has 1 aliphatic rings. The van der Waals surface area contributed by atoms with Gasteiger partial charge in [0.05, 0.1) is 0 Å². The second kappa shape index (κ2) is 1.24. The lowest BCUT2D eigenvalue weighted by molar-refractivity contribution is 0.502. The van der Waals surface area contributed by atoms with Crippen molar-refractivity contribution in [1.82, 2.24) is 0 Å². The lowest BCUT2D eigenvalue weighted by Crippen LogP contribution is -1.90. The van der Waals surface area contributed by atoms with Gasteiger partial charge in [-0.2, -0.15) is 0 Å². The normalized spacial score (nSPS) is 49.3. The van der Waals surface area contributed by atoms with Gasteiger partial charge < -0.3 is 0 Å². The lowest BCUT2D eigenvalue weighted by atomic mass is 10.0. The predicted octanol–water partition coefficient (Wildman–Crippen LogP) is 2.44. The van der Waals surface area contributed by atoms with Crippen molar-refractivity contribution in [3.8, 4) is 0 Å². The van der Waals surface area contributed by atoms with Gasteiger partial charge in [-0.15, -0.1) is 0 Å². The maximum absolute atomic E-state index is 2.37. The summed E-state index contributed by atoms with van der Waals surface area (Å²) in [7, 11) is 0. The van der Waals surface area contributed by atoms with Crippen LogP contribution in [0.5, 0.6) is 0 Å². The van der Waals surface area contributed by atoms with E-state index in [4.69, 9.17) is 0 Å². The summed E-state index contributed by atoms with van der Waals surface area (Å²) in [5.74, 6) is 1.01. The van der Waals surface area contributed by atoms with Gasteiger partial charge in [-0.3, -0.25) is 0 Å². The number of hydrogen-bond acceptors (Lipinski definition) is 0. The van der Waals surface area contributed by atoms with Crippen LogP contribution in [0.3, 0.4) is 0 Å². The molecule has 0 aliphatic heterocycles. The molecule has 1 fully saturated rings. The van der Waals surface area contributed by atoms with E-state index < -0.39 is 0 Å². The van der Waals surface area contributed by atoms with Crippen LogP contribution >= 0.6 is 0 Å². The molecule has 7 heavy (non-hydrogen) atoms. The fourth-order valence-corrected chi connectivity index (χ4v) is 1.13. The first-order valence-electron chi connectivity index (χ1n) is 3.19. The highest BCUT2D eigenvalue weighted by molar-refractivity contribution is 4.94. The van der Waals surface area contributed by atoms with Gasteiger partial charge in [-0.05, 0) is 17.8 Å². The Bertz CT molecular complexity index is 72.1. The van der Waals surface area contributed by atoms with Gasteiger partial charge in [0, 0.05) is 0 Å². The zero-order valence-corrected chi connectivity index (χ0v) is 5.49. The molecule has 0 heterocycles. The largest absolute Gasteiger partial charge is 0.0649 e. The number of rotatable bonds is 1. The molecular formula is C7H14. The molecule has 1 aliphatic carbocycles. The molecule has 0 amide bonds. The van der Waals surface area contributed by atoms with Crippen LogP contribution in [-0.2, 0) is 0 Å². The third-order valence-corrected chi connectivity index (χ3v) is 2.61. The minimum atomic E-state index is 0.750. The van der Waals surface area contributed by atoms with Crippen molar-refractivity contribution in [3.63, 3.8) is 0 Å². The highest BCUT2D eigenvalue weighted by atomic mass is 14.5. The Labute approximate surface area is 45.9 Å². The van der Waals surface area contributed by atoms with Gasteiger partial charge in [0.15, 0.2) is 0 Å². The molecule has 1 rings (SSSR count). The van der Waals surface area contributed by atoms with Crippen molar-refractivity contribution < 1.29 is 0 Å². The Morgan fingerprint density at radius 2 is 2.14 bits per heavy atom. The molecular weight excluding hydrogens is 84.1 g/mol. The van der Waals surface area contributed by atoms with Crippen molar-refractivity contribution >= 4 is 0 Å². The second-order valence-corrected chi connectivity index (χ2v) is 3.11. The van der Waals surface area contributed by atoms with Crippen LogP contribution in [0.4, 0.5) is 0 Å². The molecule has 0 heteroatoms. The van der Waals surface area contributed by atoms with Crippen molar-refractivity contribution in [2.24, 2.45) is 11.3 Å². The summed E-state index contributed by atoms with van der Waals surface area (Å²) in [6.45, 7) is 6.99. The smallest absolute Gasteiger partial charge is 0.0300 e. The molecule has 1 saturated carbocycles. The van der Waals surface area contributed by atoms with E-state index in [9.17, 15) is 0 Å². The van der Waals surface area contributed by atoms with Crippen LogP contribution in [-0.4, -0.2) is 0 Å². The van der Waals surface area contributed by atoms with Gasteiger partial charge in [-0.25, -0.2) is 0 Å². The summed E-state index contributed by atoms with van der Waals surface area (Å²) in [6.07, 6.45) is 2.83. The fraction of sp³-hybridized carbons (Fsp3) is 1.00. The van der Waals surface area contributed by atoms with E-state index in [2.05, 4.69) is 20.8 Å². The zero-order valence-electron chi connectivity index (χ0n) is 5.49. The summed E-state index contributed by atoms with van der Waals surface area (Å²) in [4.78, 5) is 0. The van der Waals surface area contributed by atoms with E-state index in [1.54, 1.807) is 0 Å². The van der Waals surface area contributed by atoms with Gasteiger partial charge in [0.25, 0.3) is 0 Å². The minimum Gasteiger partial charge on any atom is -0.0649 e. The van der Waals surface area contributed by atoms with Crippen LogP contribution in [0.1, 0.15) is 33.6 Å². The van der Waals surface area contributed by atoms with Crippen molar-refractivity contribution in [3.05, 3.63) is 0 Å². The maximum atomic E-state index is 2.37. The van der Waals surface area contributed by atoms with E-state index in [1.165, 1.54) is 12.8 Å². The molecule has 0 aromatic heterocycles. The third-order valence-electron chi connectivity index (χ3n) is 2.61. The first-order valence-corrected chi connectivity index (χ1v) is 3.19. The second-order valence-electron chi connectivity index (χ2n) is 3.11. The Hall–Kier alpha value is 0. The molecule has 0 nitrogen and oxygen atoms in total. The minimum absolute atomic E-state index is 0.750. The monoisotopic (exact) mass is 98.1 g/mol. The standard InChI is InChI=1S/C7H14/c1-4-7(3)5-6(7)2/h6H,4-5H2,1-3H3. The quantitative estimate of drug-likeness (QED) is 0.472. The fourth-order valence-electron chi connectivity index (χ4n) is 1.13. The Morgan fingerprint density at radius 1 is 1.71 bits per heavy atom. The van der Waals surface area contributed by atoms with E-state index in [0.717, 1.165) is 11.3 Å². The molecule has 42 valence electrons. The first-order chi connectivity index (χ1) is 3.19. The van der Waals surface area contributed by atoms with Gasteiger partial charge in [-0.1, -0.05) is 27.2 Å². The zero-order chi connectivity index (χ0) is 5.49. The van der Waals surface area contributed by atoms with Crippen LogP contribution in [0.15, 0.2) is 0 Å². The average molecular weight is 98.2 g/mol. The summed E-state index contributed by atoms with van der Waals surface area (Å²) in [6, 6.07) is 0. The van der Waals surface area contributed by atoms with E-state index >= 15 is 0 Å². The molecule has 0 aromatic carbocycles. The van der Waals surface area contributed by atoms with Gasteiger partial charge in [0.1, 0.15) is 0 Å². The molecule has 0 spiro atoms. The molecule has 0 aromatic rings. The molecule has 0 bridgehead atoms. The van der Waals surface area contributed by atoms with Gasteiger partial charge in [0.2, 0.25) is 0 Å². The predicted molar refractivity (Wildman–Crippen MR) is 32.2 cm³/mol. The summed E-state index contributed by atoms with van der Waals surface area (Å²) >= 11 is 0. The Balaban J connectivity index is 2.36. The highest BCUT2D eigenvalue weighted by Gasteiger charge is 2.44. The summed E-state index contributed by atoms with van der Waals surface area (Å²) < 4.78 is 0. The van der Waals surface area contributed by atoms with Crippen molar-refractivity contribution in [2.45, 2.75) is 33.6 Å². The van der Waals surface area contributed by atoms with Crippen LogP contribution in [0.25, 0.3) is 0 Å². The van der Waals surface area contributed by atoms with Crippen LogP contribution in [0, 0.1) is 11.3 Å². The topological polar surface area (TPSA) is 0 Å². The van der Waals surface area contributed by atoms with Crippen molar-refractivity contribution in [1.29, 1.82) is 0 Å².